The number of aliphatic hydroxyl groups excluding tert-OH is 4. The normalized spacial score (nSPS) is 22.2. The largest absolute Gasteiger partial charge is 0.444 e. The Labute approximate surface area is 248 Å². The second-order valence-electron chi connectivity index (χ2n) is 10.5. The van der Waals surface area contributed by atoms with E-state index in [1.165, 1.54) is 12.1 Å². The van der Waals surface area contributed by atoms with Gasteiger partial charge < -0.3 is 29.9 Å². The monoisotopic (exact) mass is 602 g/mol. The molecule has 0 amide bonds. The maximum Gasteiger partial charge on any atom is 0.416 e. The Kier molecular flexibility index (Phi) is 7.71. The molecule has 0 radical (unpaired) electrons. The van der Waals surface area contributed by atoms with E-state index in [9.17, 15) is 38.9 Å². The first-order valence-electron chi connectivity index (χ1n) is 13.6. The van der Waals surface area contributed by atoms with Gasteiger partial charge in [-0.2, -0.15) is 18.4 Å². The van der Waals surface area contributed by atoms with E-state index >= 15 is 0 Å². The Morgan fingerprint density at radius 1 is 0.818 bits per heavy atom. The van der Waals surface area contributed by atoms with Crippen molar-refractivity contribution in [2.75, 3.05) is 6.61 Å². The highest BCUT2D eigenvalue weighted by atomic mass is 19.4. The molecule has 1 aliphatic rings. The van der Waals surface area contributed by atoms with Crippen LogP contribution in [0.5, 0.6) is 5.88 Å². The van der Waals surface area contributed by atoms with Gasteiger partial charge in [0.2, 0.25) is 12.2 Å². The quantitative estimate of drug-likeness (QED) is 0.211. The number of fused-ring (bicyclic) bond motifs is 3. The Morgan fingerprint density at radius 2 is 1.50 bits per heavy atom. The number of nitrogens with zero attached hydrogens (tertiary/aromatic N) is 2. The topological polar surface area (TPSA) is 136 Å². The predicted molar refractivity (Wildman–Crippen MR) is 154 cm³/mol. The molecule has 44 heavy (non-hydrogen) atoms. The third kappa shape index (κ3) is 5.34. The number of aromatic nitrogens is 1. The Bertz CT molecular complexity index is 1890. The summed E-state index contributed by atoms with van der Waals surface area (Å²) in [6.07, 6.45) is -12.7. The van der Waals surface area contributed by atoms with Gasteiger partial charge in [-0.3, -0.25) is 0 Å². The molecule has 4 N–H and O–H groups in total. The molecule has 0 saturated carbocycles. The smallest absolute Gasteiger partial charge is 0.416 e. The number of nitriles is 1. The van der Waals surface area contributed by atoms with Gasteiger partial charge in [0.05, 0.1) is 17.9 Å². The van der Waals surface area contributed by atoms with Crippen LogP contribution in [0.1, 0.15) is 11.1 Å². The van der Waals surface area contributed by atoms with Gasteiger partial charge in [-0.1, -0.05) is 60.7 Å². The van der Waals surface area contributed by atoms with Gasteiger partial charge in [-0.25, -0.2) is 4.98 Å². The van der Waals surface area contributed by atoms with Crippen molar-refractivity contribution >= 4 is 21.5 Å². The molecule has 1 fully saturated rings. The summed E-state index contributed by atoms with van der Waals surface area (Å²) in [5, 5.41) is 54.7. The number of pyridine rings is 1. The molecular weight excluding hydrogens is 577 g/mol. The number of hydrogen-bond acceptors (Lipinski definition) is 8. The van der Waals surface area contributed by atoms with Crippen LogP contribution in [0.15, 0.2) is 84.9 Å². The van der Waals surface area contributed by atoms with Gasteiger partial charge in [-0.05, 0) is 51.4 Å². The zero-order valence-electron chi connectivity index (χ0n) is 22.8. The minimum Gasteiger partial charge on any atom is -0.444 e. The van der Waals surface area contributed by atoms with Crippen LogP contribution < -0.4 is 4.74 Å². The molecule has 2 heterocycles. The van der Waals surface area contributed by atoms with Crippen LogP contribution in [0.4, 0.5) is 13.2 Å². The van der Waals surface area contributed by atoms with Crippen molar-refractivity contribution in [1.82, 2.24) is 4.98 Å². The van der Waals surface area contributed by atoms with Crippen molar-refractivity contribution in [2.24, 2.45) is 0 Å². The average molecular weight is 603 g/mol. The fourth-order valence-electron chi connectivity index (χ4n) is 5.38. The lowest BCUT2D eigenvalue weighted by Crippen LogP contribution is -2.60. The van der Waals surface area contributed by atoms with Crippen LogP contribution in [0, 0.1) is 11.3 Å². The first-order valence-corrected chi connectivity index (χ1v) is 13.6. The number of rotatable bonds is 5. The minimum atomic E-state index is -4.56. The van der Waals surface area contributed by atoms with Crippen molar-refractivity contribution < 1.29 is 43.1 Å². The van der Waals surface area contributed by atoms with E-state index in [1.54, 1.807) is 6.07 Å². The maximum atomic E-state index is 13.3. The number of alkyl halides is 3. The van der Waals surface area contributed by atoms with Crippen LogP contribution in [0.25, 0.3) is 43.9 Å². The van der Waals surface area contributed by atoms with Crippen molar-refractivity contribution in [3.05, 3.63) is 96.1 Å². The van der Waals surface area contributed by atoms with E-state index in [-0.39, 0.29) is 22.6 Å². The summed E-state index contributed by atoms with van der Waals surface area (Å²) in [6.45, 7) is -0.702. The summed E-state index contributed by atoms with van der Waals surface area (Å²) in [6, 6.07) is 25.2. The number of halogens is 3. The second-order valence-corrected chi connectivity index (χ2v) is 10.5. The summed E-state index contributed by atoms with van der Waals surface area (Å²) in [5.74, 6) is -0.331. The molecule has 8 nitrogen and oxygen atoms in total. The van der Waals surface area contributed by atoms with Gasteiger partial charge in [0.15, 0.2) is 0 Å². The molecule has 5 atom stereocenters. The average Bonchev–Trinajstić information content (AvgIpc) is 3.04. The fraction of sp³-hybridized carbons (Fsp3) is 0.212. The van der Waals surface area contributed by atoms with E-state index in [1.807, 2.05) is 60.7 Å². The molecule has 0 aliphatic carbocycles. The number of benzene rings is 4. The fourth-order valence-corrected chi connectivity index (χ4v) is 5.38. The number of hydrogen-bond donors (Lipinski definition) is 4. The third-order valence-corrected chi connectivity index (χ3v) is 7.74. The molecule has 6 rings (SSSR count). The highest BCUT2D eigenvalue weighted by Gasteiger charge is 2.45. The van der Waals surface area contributed by atoms with Crippen LogP contribution >= 0.6 is 0 Å². The highest BCUT2D eigenvalue weighted by molar-refractivity contribution is 6.08. The number of aliphatic hydroxyl groups is 4. The summed E-state index contributed by atoms with van der Waals surface area (Å²) >= 11 is 0. The second kappa shape index (κ2) is 11.5. The molecule has 4 aromatic carbocycles. The molecule has 11 heteroatoms. The van der Waals surface area contributed by atoms with E-state index in [4.69, 9.17) is 9.47 Å². The number of ether oxygens (including phenoxy) is 2. The third-order valence-electron chi connectivity index (χ3n) is 7.74. The lowest BCUT2D eigenvalue weighted by Gasteiger charge is -2.39. The molecule has 1 aliphatic heterocycles. The summed E-state index contributed by atoms with van der Waals surface area (Å²) < 4.78 is 51.1. The summed E-state index contributed by atoms with van der Waals surface area (Å²) in [7, 11) is 0. The van der Waals surface area contributed by atoms with Crippen molar-refractivity contribution in [2.45, 2.75) is 36.9 Å². The first-order chi connectivity index (χ1) is 21.1. The molecule has 1 saturated heterocycles. The van der Waals surface area contributed by atoms with Gasteiger partial charge in [0, 0.05) is 11.1 Å². The zero-order chi connectivity index (χ0) is 31.2. The van der Waals surface area contributed by atoms with E-state index in [0.29, 0.717) is 11.3 Å². The van der Waals surface area contributed by atoms with Gasteiger partial charge in [0.25, 0.3) is 0 Å². The van der Waals surface area contributed by atoms with Gasteiger partial charge in [0.1, 0.15) is 36.0 Å². The van der Waals surface area contributed by atoms with E-state index < -0.39 is 49.1 Å². The maximum absolute atomic E-state index is 13.3. The first kappa shape index (κ1) is 29.5. The molecular formula is C33H25F3N2O6. The lowest BCUT2D eigenvalue weighted by atomic mass is 9.96. The predicted octanol–water partition coefficient (Wildman–Crippen LogP) is 4.79. The van der Waals surface area contributed by atoms with Gasteiger partial charge >= 0.3 is 6.18 Å². The Hall–Kier alpha value is -4.57. The Morgan fingerprint density at radius 3 is 2.20 bits per heavy atom. The highest BCUT2D eigenvalue weighted by Crippen LogP contribution is 2.38. The summed E-state index contributed by atoms with van der Waals surface area (Å²) in [4.78, 5) is 4.53. The van der Waals surface area contributed by atoms with Crippen molar-refractivity contribution in [3.63, 3.8) is 0 Å². The molecule has 1 aromatic heterocycles. The molecule has 0 unspecified atom stereocenters. The van der Waals surface area contributed by atoms with E-state index in [2.05, 4.69) is 4.98 Å². The standard InChI is InChI=1S/C33H25F3N2O6/c34-33(35,36)21-10-7-18(8-11-21)24-14-26(20-9-12-23-19(13-20)6-5-17-3-1-2-4-22(17)23)38-31(25(24)15-37)44-32-30(42)29(41)28(40)27(16-39)43-32/h1-14,27-30,32,39-42H,16H2/t27-,28+,29+,30-,32+/m1/s1. The molecule has 5 aromatic rings. The van der Waals surface area contributed by atoms with E-state index in [0.717, 1.165) is 33.7 Å². The van der Waals surface area contributed by atoms with Crippen molar-refractivity contribution in [3.8, 4) is 34.3 Å². The lowest BCUT2D eigenvalue weighted by molar-refractivity contribution is -0.278. The summed E-state index contributed by atoms with van der Waals surface area (Å²) in [5.41, 5.74) is 0.330. The molecule has 0 spiro atoms. The minimum absolute atomic E-state index is 0.169. The molecule has 224 valence electrons. The van der Waals surface area contributed by atoms with Crippen LogP contribution in [0.3, 0.4) is 0 Å². The van der Waals surface area contributed by atoms with Crippen molar-refractivity contribution in [1.29, 1.82) is 5.26 Å². The molecule has 0 bridgehead atoms. The van der Waals surface area contributed by atoms with Crippen LogP contribution in [-0.2, 0) is 10.9 Å². The Balaban J connectivity index is 1.50. The van der Waals surface area contributed by atoms with Gasteiger partial charge in [-0.15, -0.1) is 0 Å². The SMILES string of the molecule is N#Cc1c(-c2ccc(C(F)(F)F)cc2)cc(-c2ccc3c(ccc4ccccc43)c2)nc1O[C@@H]1O[C@H](CO)[C@H](O)[C@H](O)[C@H]1O. The zero-order valence-corrected chi connectivity index (χ0v) is 22.8. The van der Waals surface area contributed by atoms with Crippen LogP contribution in [0.2, 0.25) is 0 Å². The van der Waals surface area contributed by atoms with Crippen LogP contribution in [-0.4, -0.2) is 62.7 Å².